The topological polar surface area (TPSA) is 0 Å². The minimum atomic E-state index is -2.21. The maximum absolute atomic E-state index is 5.39. The van der Waals surface area contributed by atoms with E-state index in [1.807, 2.05) is 25.1 Å². The van der Waals surface area contributed by atoms with Gasteiger partial charge in [0.25, 0.3) is 0 Å². The first kappa shape index (κ1) is 13.3. The third-order valence-corrected chi connectivity index (χ3v) is 4.55. The van der Waals surface area contributed by atoms with Crippen molar-refractivity contribution < 1.29 is 0 Å². The van der Waals surface area contributed by atoms with E-state index in [1.165, 1.54) is 5.56 Å². The highest BCUT2D eigenvalue weighted by molar-refractivity contribution is 7.64. The fourth-order valence-electron chi connectivity index (χ4n) is 0.534. The van der Waals surface area contributed by atoms with Crippen LogP contribution < -0.4 is 0 Å². The molecule has 0 radical (unpaired) electrons. The van der Waals surface area contributed by atoms with Gasteiger partial charge < -0.3 is 0 Å². The minimum Gasteiger partial charge on any atom is -0.126 e. The van der Waals surface area contributed by atoms with Crippen LogP contribution >= 0.6 is 33.2 Å². The Morgan fingerprint density at radius 1 is 1.08 bits per heavy atom. The van der Waals surface area contributed by atoms with Gasteiger partial charge in [0, 0.05) is 0 Å². The summed E-state index contributed by atoms with van der Waals surface area (Å²) in [4.78, 5) is 0. The van der Waals surface area contributed by atoms with Crippen molar-refractivity contribution >= 4 is 39.2 Å². The van der Waals surface area contributed by atoms with Gasteiger partial charge >= 0.3 is 6.00 Å². The Labute approximate surface area is 94.9 Å². The van der Waals surface area contributed by atoms with Gasteiger partial charge in [-0.15, -0.1) is 33.2 Å². The summed E-state index contributed by atoms with van der Waals surface area (Å²) < 4.78 is 0. The van der Waals surface area contributed by atoms with Crippen molar-refractivity contribution in [3.05, 3.63) is 35.9 Å². The molecule has 0 aliphatic carbocycles. The van der Waals surface area contributed by atoms with E-state index in [9.17, 15) is 0 Å². The summed E-state index contributed by atoms with van der Waals surface area (Å²) in [6.07, 6.45) is 0. The second-order valence-corrected chi connectivity index (χ2v) is 12.1. The molecule has 13 heavy (non-hydrogen) atoms. The van der Waals surface area contributed by atoms with Crippen LogP contribution in [0.2, 0.25) is 6.04 Å². The first-order valence-electron chi connectivity index (χ1n) is 4.04. The normalized spacial score (nSPS) is 10.2. The van der Waals surface area contributed by atoms with Gasteiger partial charge in [0.15, 0.2) is 0 Å². The van der Waals surface area contributed by atoms with Gasteiger partial charge in [0.2, 0.25) is 0 Å². The third kappa shape index (κ3) is 10.2. The minimum absolute atomic E-state index is 0.706. The molecule has 0 bridgehead atoms. The predicted octanol–water partition coefficient (Wildman–Crippen LogP) is 4.66. The van der Waals surface area contributed by atoms with Crippen LogP contribution in [-0.4, -0.2) is 6.00 Å². The van der Waals surface area contributed by atoms with Crippen LogP contribution in [0, 0.1) is 6.92 Å². The van der Waals surface area contributed by atoms with Crippen molar-refractivity contribution in [2.75, 3.05) is 0 Å². The highest BCUT2D eigenvalue weighted by Crippen LogP contribution is 2.23. The fraction of sp³-hybridized carbons (Fsp3) is 0.333. The summed E-state index contributed by atoms with van der Waals surface area (Å²) in [5.41, 5.74) is 1.32. The molecular weight excluding hydrogens is 243 g/mol. The lowest BCUT2D eigenvalue weighted by Gasteiger charge is -1.98. The molecule has 4 heteroatoms. The van der Waals surface area contributed by atoms with Gasteiger partial charge in [0.05, 0.1) is 0 Å². The number of hydrogen-bond donors (Lipinski definition) is 0. The lowest BCUT2D eigenvalue weighted by Crippen LogP contribution is -2.04. The molecule has 0 nitrogen and oxygen atoms in total. The van der Waals surface area contributed by atoms with Crippen molar-refractivity contribution in [3.63, 3.8) is 0 Å². The molecule has 1 aromatic carbocycles. The second-order valence-electron chi connectivity index (χ2n) is 2.62. The van der Waals surface area contributed by atoms with Crippen molar-refractivity contribution in [1.82, 2.24) is 0 Å². The summed E-state index contributed by atoms with van der Waals surface area (Å²) in [6, 6.07) is 8.75. The van der Waals surface area contributed by atoms with Gasteiger partial charge in [-0.1, -0.05) is 42.8 Å². The zero-order valence-corrected chi connectivity index (χ0v) is 11.0. The molecule has 0 aliphatic heterocycles. The monoisotopic (exact) mass is 254 g/mol. The Morgan fingerprint density at radius 2 is 1.46 bits per heavy atom. The van der Waals surface area contributed by atoms with Crippen molar-refractivity contribution in [2.45, 2.75) is 19.9 Å². The first-order chi connectivity index (χ1) is 5.95. The average Bonchev–Trinajstić information content (AvgIpc) is 2.06. The van der Waals surface area contributed by atoms with Gasteiger partial charge in [0.1, 0.15) is 0 Å². The molecule has 0 spiro atoms. The molecule has 1 rings (SSSR count). The fourth-order valence-corrected chi connectivity index (χ4v) is 0.534. The average molecular weight is 256 g/mol. The molecule has 0 atom stereocenters. The Balaban J connectivity index is 0.000000226. The lowest BCUT2D eigenvalue weighted by atomic mass is 10.2. The van der Waals surface area contributed by atoms with E-state index in [-0.39, 0.29) is 0 Å². The maximum Gasteiger partial charge on any atom is 0.341 e. The highest BCUT2D eigenvalue weighted by Gasteiger charge is 2.20. The first-order valence-corrected chi connectivity index (χ1v) is 9.28. The lowest BCUT2D eigenvalue weighted by molar-refractivity contribution is 1.46. The number of benzene rings is 1. The largest absolute Gasteiger partial charge is 0.341 e. The van der Waals surface area contributed by atoms with E-state index in [2.05, 4.69) is 19.1 Å². The van der Waals surface area contributed by atoms with Crippen LogP contribution in [0.5, 0.6) is 0 Å². The maximum atomic E-state index is 5.39. The van der Waals surface area contributed by atoms with Crippen LogP contribution in [0.4, 0.5) is 0 Å². The SMILES string of the molecule is CC[Si](Cl)(Cl)Cl.Cc1ccccc1. The van der Waals surface area contributed by atoms with E-state index >= 15 is 0 Å². The van der Waals surface area contributed by atoms with Gasteiger partial charge in [-0.25, -0.2) is 0 Å². The molecule has 1 aromatic rings. The summed E-state index contributed by atoms with van der Waals surface area (Å²) in [6.45, 7) is 3.96. The summed E-state index contributed by atoms with van der Waals surface area (Å²) >= 11 is 16.2. The highest BCUT2D eigenvalue weighted by atomic mass is 35.8. The molecule has 0 heterocycles. The summed E-state index contributed by atoms with van der Waals surface area (Å²) in [5.74, 6) is 0. The third-order valence-electron chi connectivity index (χ3n) is 1.34. The molecule has 0 amide bonds. The predicted molar refractivity (Wildman–Crippen MR) is 65.0 cm³/mol. The standard InChI is InChI=1S/C7H8.C2H5Cl3Si/c1-7-5-3-2-4-6-7;1-2-6(3,4)5/h2-6H,1H3;2H2,1H3. The zero-order chi connectivity index (χ0) is 10.3. The van der Waals surface area contributed by atoms with E-state index in [4.69, 9.17) is 33.2 Å². The smallest absolute Gasteiger partial charge is 0.126 e. The van der Waals surface area contributed by atoms with E-state index in [0.29, 0.717) is 6.04 Å². The van der Waals surface area contributed by atoms with Crippen LogP contribution in [0.1, 0.15) is 12.5 Å². The van der Waals surface area contributed by atoms with Crippen LogP contribution in [0.15, 0.2) is 30.3 Å². The molecule has 0 N–H and O–H groups in total. The molecular formula is C9H13Cl3Si. The Bertz CT molecular complexity index is 218. The molecule has 74 valence electrons. The van der Waals surface area contributed by atoms with Gasteiger partial charge in [-0.2, -0.15) is 0 Å². The Hall–Kier alpha value is 0.307. The molecule has 0 unspecified atom stereocenters. The van der Waals surface area contributed by atoms with Crippen LogP contribution in [-0.2, 0) is 0 Å². The molecule has 0 aromatic heterocycles. The second kappa shape index (κ2) is 6.72. The van der Waals surface area contributed by atoms with Crippen LogP contribution in [0.25, 0.3) is 0 Å². The molecule has 0 saturated carbocycles. The van der Waals surface area contributed by atoms with Crippen LogP contribution in [0.3, 0.4) is 0 Å². The molecule has 0 fully saturated rings. The van der Waals surface area contributed by atoms with Crippen molar-refractivity contribution in [1.29, 1.82) is 0 Å². The zero-order valence-electron chi connectivity index (χ0n) is 7.73. The molecule has 0 aliphatic rings. The summed E-state index contributed by atoms with van der Waals surface area (Å²) in [5, 5.41) is 0. The Morgan fingerprint density at radius 3 is 1.62 bits per heavy atom. The Kier molecular flexibility index (Phi) is 6.87. The summed E-state index contributed by atoms with van der Waals surface area (Å²) in [7, 11) is 0. The van der Waals surface area contributed by atoms with E-state index < -0.39 is 6.00 Å². The van der Waals surface area contributed by atoms with E-state index in [1.54, 1.807) is 0 Å². The number of aryl methyl sites for hydroxylation is 1. The number of halogens is 3. The van der Waals surface area contributed by atoms with Crippen molar-refractivity contribution in [2.24, 2.45) is 0 Å². The van der Waals surface area contributed by atoms with E-state index in [0.717, 1.165) is 0 Å². The number of hydrogen-bond acceptors (Lipinski definition) is 0. The quantitative estimate of drug-likeness (QED) is 0.506. The van der Waals surface area contributed by atoms with Gasteiger partial charge in [-0.05, 0) is 13.0 Å². The van der Waals surface area contributed by atoms with Gasteiger partial charge in [-0.3, -0.25) is 0 Å². The number of rotatable bonds is 1. The molecule has 0 saturated heterocycles. The van der Waals surface area contributed by atoms with Crippen molar-refractivity contribution in [3.8, 4) is 0 Å².